The summed E-state index contributed by atoms with van der Waals surface area (Å²) < 4.78 is 5.97. The van der Waals surface area contributed by atoms with Crippen LogP contribution >= 0.6 is 0 Å². The van der Waals surface area contributed by atoms with E-state index in [4.69, 9.17) is 11.2 Å². The second kappa shape index (κ2) is 13.4. The van der Waals surface area contributed by atoms with Crippen LogP contribution < -0.4 is 0 Å². The Kier molecular flexibility index (Phi) is 11.4. The summed E-state index contributed by atoms with van der Waals surface area (Å²) in [5, 5.41) is 0. The summed E-state index contributed by atoms with van der Waals surface area (Å²) >= 11 is 0. The first kappa shape index (κ1) is 18.8. The van der Waals surface area contributed by atoms with Gasteiger partial charge in [-0.1, -0.05) is 49.6 Å². The average molecular weight is 300 g/mol. The topological polar surface area (TPSA) is 9.23 Å². The van der Waals surface area contributed by atoms with Crippen LogP contribution in [0.4, 0.5) is 0 Å². The van der Waals surface area contributed by atoms with E-state index in [-0.39, 0.29) is 6.10 Å². The molecule has 1 rings (SSSR count). The summed E-state index contributed by atoms with van der Waals surface area (Å²) in [7, 11) is 0. The third-order valence-electron chi connectivity index (χ3n) is 4.03. The highest BCUT2D eigenvalue weighted by molar-refractivity contribution is 5.01. The van der Waals surface area contributed by atoms with Crippen molar-refractivity contribution in [2.75, 3.05) is 0 Å². The molecule has 0 aromatic rings. The van der Waals surface area contributed by atoms with E-state index >= 15 is 0 Å². The molecule has 0 saturated heterocycles. The van der Waals surface area contributed by atoms with Crippen molar-refractivity contribution in [2.45, 2.75) is 82.8 Å². The fourth-order valence-corrected chi connectivity index (χ4v) is 2.75. The fraction of sp³-hybridized carbons (Fsp3) is 0.619. The first-order chi connectivity index (χ1) is 10.9. The Balaban J connectivity index is 1.92. The second-order valence-electron chi connectivity index (χ2n) is 6.05. The maximum Gasteiger partial charge on any atom is 0.0868 e. The molecule has 0 fully saturated rings. The fourth-order valence-electron chi connectivity index (χ4n) is 2.75. The van der Waals surface area contributed by atoms with E-state index < -0.39 is 0 Å². The maximum absolute atomic E-state index is 5.97. The number of unbranched alkanes of at least 4 members (excludes halogenated alkanes) is 6. The molecule has 0 aromatic carbocycles. The lowest BCUT2D eigenvalue weighted by atomic mass is 10.0. The van der Waals surface area contributed by atoms with Gasteiger partial charge in [0.05, 0.1) is 12.2 Å². The molecular weight excluding hydrogens is 268 g/mol. The highest BCUT2D eigenvalue weighted by Gasteiger charge is 2.16. The van der Waals surface area contributed by atoms with E-state index in [9.17, 15) is 0 Å². The van der Waals surface area contributed by atoms with Crippen molar-refractivity contribution in [2.24, 2.45) is 0 Å². The molecular formula is C21H32O. The van der Waals surface area contributed by atoms with Gasteiger partial charge >= 0.3 is 0 Å². The highest BCUT2D eigenvalue weighted by atomic mass is 16.5. The van der Waals surface area contributed by atoms with Crippen LogP contribution in [0.5, 0.6) is 0 Å². The number of hydrogen-bond donors (Lipinski definition) is 0. The molecule has 1 heteroatoms. The zero-order valence-electron chi connectivity index (χ0n) is 14.0. The summed E-state index contributed by atoms with van der Waals surface area (Å²) in [6.45, 7) is 3.74. The molecule has 2 unspecified atom stereocenters. The van der Waals surface area contributed by atoms with Gasteiger partial charge in [-0.15, -0.1) is 18.9 Å². The zero-order chi connectivity index (χ0) is 15.9. The third kappa shape index (κ3) is 9.64. The van der Waals surface area contributed by atoms with E-state index in [1.807, 2.05) is 6.08 Å². The van der Waals surface area contributed by atoms with Crippen molar-refractivity contribution < 1.29 is 4.74 Å². The Morgan fingerprint density at radius 2 is 1.86 bits per heavy atom. The predicted molar refractivity (Wildman–Crippen MR) is 96.8 cm³/mol. The van der Waals surface area contributed by atoms with Crippen LogP contribution in [-0.4, -0.2) is 12.2 Å². The molecule has 122 valence electrons. The zero-order valence-corrected chi connectivity index (χ0v) is 14.0. The lowest BCUT2D eigenvalue weighted by Crippen LogP contribution is -2.23. The number of rotatable bonds is 12. The van der Waals surface area contributed by atoms with Gasteiger partial charge in [0, 0.05) is 6.42 Å². The molecule has 0 amide bonds. The molecule has 0 aliphatic carbocycles. The van der Waals surface area contributed by atoms with Gasteiger partial charge in [-0.05, 0) is 44.9 Å². The quantitative estimate of drug-likeness (QED) is 0.245. The molecule has 1 nitrogen and oxygen atoms in total. The van der Waals surface area contributed by atoms with Crippen molar-refractivity contribution in [1.29, 1.82) is 0 Å². The summed E-state index contributed by atoms with van der Waals surface area (Å²) in [6, 6.07) is 0. The van der Waals surface area contributed by atoms with Gasteiger partial charge in [0.1, 0.15) is 0 Å². The first-order valence-corrected chi connectivity index (χ1v) is 8.88. The van der Waals surface area contributed by atoms with Gasteiger partial charge < -0.3 is 4.74 Å². The smallest absolute Gasteiger partial charge is 0.0868 e. The van der Waals surface area contributed by atoms with Crippen molar-refractivity contribution in [3.8, 4) is 12.3 Å². The van der Waals surface area contributed by atoms with Gasteiger partial charge in [0.2, 0.25) is 0 Å². The number of allylic oxidation sites excluding steroid dienone is 3. The van der Waals surface area contributed by atoms with Crippen molar-refractivity contribution in [3.63, 3.8) is 0 Å². The van der Waals surface area contributed by atoms with Crippen molar-refractivity contribution in [3.05, 3.63) is 37.0 Å². The molecule has 0 N–H and O–H groups in total. The molecule has 22 heavy (non-hydrogen) atoms. The van der Waals surface area contributed by atoms with Gasteiger partial charge in [0.15, 0.2) is 0 Å². The maximum atomic E-state index is 5.97. The van der Waals surface area contributed by atoms with Crippen molar-refractivity contribution >= 4 is 0 Å². The van der Waals surface area contributed by atoms with E-state index in [0.29, 0.717) is 12.5 Å². The van der Waals surface area contributed by atoms with Gasteiger partial charge in [-0.2, -0.15) is 0 Å². The molecule has 0 aromatic heterocycles. The van der Waals surface area contributed by atoms with Crippen LogP contribution in [0.2, 0.25) is 0 Å². The molecule has 0 bridgehead atoms. The summed E-state index contributed by atoms with van der Waals surface area (Å²) in [5.74, 6) is 2.68. The summed E-state index contributed by atoms with van der Waals surface area (Å²) in [6.07, 6.45) is 29.8. The lowest BCUT2D eigenvalue weighted by molar-refractivity contribution is 0.00309. The summed E-state index contributed by atoms with van der Waals surface area (Å²) in [5.41, 5.74) is 0. The Morgan fingerprint density at radius 3 is 2.64 bits per heavy atom. The lowest BCUT2D eigenvalue weighted by Gasteiger charge is -2.24. The minimum atomic E-state index is 0.148. The number of ether oxygens (including phenoxy) is 1. The minimum Gasteiger partial charge on any atom is -0.370 e. The van der Waals surface area contributed by atoms with E-state index in [2.05, 4.69) is 36.8 Å². The monoisotopic (exact) mass is 300 g/mol. The third-order valence-corrected chi connectivity index (χ3v) is 4.03. The first-order valence-electron chi connectivity index (χ1n) is 8.88. The predicted octanol–water partition coefficient (Wildman–Crippen LogP) is 5.98. The van der Waals surface area contributed by atoms with Crippen molar-refractivity contribution in [1.82, 2.24) is 0 Å². The van der Waals surface area contributed by atoms with Crippen LogP contribution in [0.25, 0.3) is 0 Å². The molecule has 0 spiro atoms. The van der Waals surface area contributed by atoms with Crippen LogP contribution in [0, 0.1) is 12.3 Å². The molecule has 0 radical (unpaired) electrons. The molecule has 1 aliphatic heterocycles. The molecule has 0 saturated carbocycles. The highest BCUT2D eigenvalue weighted by Crippen LogP contribution is 2.20. The standard InChI is InChI=1S/C21H32O/c1-3-5-6-7-8-9-10-11-12-13-14-17-21-19-15-18-20(22-21)16-4-2/h2-3,8-9,15,18,20-21H,1,5-7,10-14,16-17,19H2. The second-order valence-corrected chi connectivity index (χ2v) is 6.05. The number of hydrogen-bond acceptors (Lipinski definition) is 1. The Hall–Kier alpha value is -1.26. The van der Waals surface area contributed by atoms with Crippen LogP contribution in [0.15, 0.2) is 37.0 Å². The summed E-state index contributed by atoms with van der Waals surface area (Å²) in [4.78, 5) is 0. The molecule has 1 aliphatic rings. The van der Waals surface area contributed by atoms with Gasteiger partial charge in [0.25, 0.3) is 0 Å². The average Bonchev–Trinajstić information content (AvgIpc) is 2.53. The van der Waals surface area contributed by atoms with E-state index in [0.717, 1.165) is 12.8 Å². The Bertz CT molecular complexity index is 372. The van der Waals surface area contributed by atoms with Crippen LogP contribution in [0.1, 0.15) is 70.6 Å². The van der Waals surface area contributed by atoms with Gasteiger partial charge in [-0.3, -0.25) is 0 Å². The minimum absolute atomic E-state index is 0.148. The largest absolute Gasteiger partial charge is 0.370 e. The van der Waals surface area contributed by atoms with Gasteiger partial charge in [-0.25, -0.2) is 0 Å². The van der Waals surface area contributed by atoms with E-state index in [1.165, 1.54) is 51.4 Å². The molecule has 2 atom stereocenters. The normalized spacial score (nSPS) is 21.0. The Labute approximate surface area is 137 Å². The number of terminal acetylenes is 1. The molecule has 1 heterocycles. The van der Waals surface area contributed by atoms with Crippen LogP contribution in [0.3, 0.4) is 0 Å². The SMILES string of the molecule is C#CCC1C=CCC(CCCCCCC=CCCCC=C)O1. The van der Waals surface area contributed by atoms with E-state index in [1.54, 1.807) is 0 Å². The van der Waals surface area contributed by atoms with Crippen LogP contribution in [-0.2, 0) is 4.74 Å². The Morgan fingerprint density at radius 1 is 1.09 bits per heavy atom.